The molecule has 0 saturated carbocycles. The first-order chi connectivity index (χ1) is 20.1. The van der Waals surface area contributed by atoms with Crippen molar-refractivity contribution in [3.05, 3.63) is 64.4 Å². The number of hydrogen-bond acceptors (Lipinski definition) is 3. The molecule has 3 nitrogen and oxygen atoms in total. The van der Waals surface area contributed by atoms with Crippen molar-refractivity contribution in [1.82, 2.24) is 0 Å². The summed E-state index contributed by atoms with van der Waals surface area (Å²) < 4.78 is 0. The minimum Gasteiger partial charge on any atom is -0.372 e. The maximum absolute atomic E-state index is 4.05. The third-order valence-electron chi connectivity index (χ3n) is 6.86. The largest absolute Gasteiger partial charge is 0.372 e. The van der Waals surface area contributed by atoms with E-state index in [1.54, 1.807) is 0 Å². The van der Waals surface area contributed by atoms with Gasteiger partial charge in [0, 0.05) is 48.9 Å². The first-order valence-electron chi connectivity index (χ1n) is 17.3. The number of nitrogens with zero attached hydrogens (tertiary/aromatic N) is 2. The van der Waals surface area contributed by atoms with Crippen molar-refractivity contribution in [3.8, 4) is 0 Å². The van der Waals surface area contributed by atoms with Gasteiger partial charge in [0.2, 0.25) is 0 Å². The van der Waals surface area contributed by atoms with Crippen LogP contribution in [0.1, 0.15) is 136 Å². The smallest absolute Gasteiger partial charge is 0.0442 e. The summed E-state index contributed by atoms with van der Waals surface area (Å²) in [6.45, 7) is 42.7. The second-order valence-electron chi connectivity index (χ2n) is 10.2. The lowest BCUT2D eigenvalue weighted by atomic mass is 10.0. The molecule has 3 heteroatoms. The number of allylic oxidation sites excluding steroid dienone is 1. The Kier molecular flexibility index (Phi) is 28.7. The van der Waals surface area contributed by atoms with Crippen molar-refractivity contribution in [2.75, 3.05) is 41.3 Å². The third kappa shape index (κ3) is 16.3. The molecule has 0 aromatic heterocycles. The lowest BCUT2D eigenvalue weighted by Gasteiger charge is -2.26. The van der Waals surface area contributed by atoms with Crippen molar-refractivity contribution < 1.29 is 0 Å². The molecule has 2 aromatic carbocycles. The highest BCUT2D eigenvalue weighted by Gasteiger charge is 2.10. The topological polar surface area (TPSA) is 18.5 Å². The quantitative estimate of drug-likeness (QED) is 0.253. The van der Waals surface area contributed by atoms with Crippen LogP contribution in [0, 0.1) is 34.6 Å². The van der Waals surface area contributed by atoms with E-state index >= 15 is 0 Å². The fourth-order valence-corrected chi connectivity index (χ4v) is 4.60. The lowest BCUT2D eigenvalue weighted by Crippen LogP contribution is -2.25. The molecule has 0 bridgehead atoms. The molecule has 244 valence electrons. The molecule has 0 heterocycles. The Morgan fingerprint density at radius 3 is 1.10 bits per heavy atom. The summed E-state index contributed by atoms with van der Waals surface area (Å²) in [5.74, 6) is 0. The first kappa shape index (κ1) is 44.0. The fraction of sp³-hybridized carbons (Fsp3) is 0.641. The summed E-state index contributed by atoms with van der Waals surface area (Å²) in [6.07, 6.45) is 5.76. The van der Waals surface area contributed by atoms with Gasteiger partial charge < -0.3 is 15.1 Å². The Hall–Kier alpha value is -2.42. The number of benzene rings is 2. The molecule has 0 radical (unpaired) electrons. The highest BCUT2D eigenvalue weighted by molar-refractivity contribution is 5.66. The SMILES string of the molecule is C=C(CC)Nc1c(C)cc(N(CCC)CCC)cc1C.CC.CC.CC.CCCN(CCC)c1cc(C)c(C)c(C)c1. The van der Waals surface area contributed by atoms with Crippen molar-refractivity contribution in [2.24, 2.45) is 0 Å². The fourth-order valence-electron chi connectivity index (χ4n) is 4.60. The normalized spacial score (nSPS) is 9.43. The standard InChI is InChI=1S/C18H30N2.C15H25N.3C2H6/c1-7-10-20(11-8-2)17-12-14(4)18(15(5)13-17)19-16(6)9-3;1-6-8-16(9-7-2)15-10-12(3)14(5)13(4)11-15;3*1-2/h12-13,19H,6-11H2,1-5H3;10-11H,6-9H2,1-5H3;3*1-2H3. The molecule has 2 aromatic rings. The zero-order valence-electron chi connectivity index (χ0n) is 31.3. The number of aryl methyl sites for hydroxylation is 4. The summed E-state index contributed by atoms with van der Waals surface area (Å²) in [6, 6.07) is 9.24. The van der Waals surface area contributed by atoms with E-state index in [1.165, 1.54) is 70.6 Å². The van der Waals surface area contributed by atoms with Crippen LogP contribution in [-0.2, 0) is 0 Å². The minimum absolute atomic E-state index is 0.957. The van der Waals surface area contributed by atoms with Crippen LogP contribution < -0.4 is 15.1 Å². The van der Waals surface area contributed by atoms with Crippen molar-refractivity contribution in [1.29, 1.82) is 0 Å². The van der Waals surface area contributed by atoms with E-state index in [4.69, 9.17) is 0 Å². The molecule has 42 heavy (non-hydrogen) atoms. The highest BCUT2D eigenvalue weighted by Crippen LogP contribution is 2.29. The van der Waals surface area contributed by atoms with Gasteiger partial charge in [0.25, 0.3) is 0 Å². The summed E-state index contributed by atoms with van der Waals surface area (Å²) in [5.41, 5.74) is 11.9. The van der Waals surface area contributed by atoms with Crippen molar-refractivity contribution in [3.63, 3.8) is 0 Å². The van der Waals surface area contributed by atoms with Gasteiger partial charge in [-0.15, -0.1) is 0 Å². The second kappa shape index (κ2) is 27.4. The Morgan fingerprint density at radius 2 is 0.833 bits per heavy atom. The number of anilines is 3. The van der Waals surface area contributed by atoms with Crippen LogP contribution in [0.2, 0.25) is 0 Å². The molecule has 0 aliphatic rings. The monoisotopic (exact) mass is 584 g/mol. The van der Waals surface area contributed by atoms with Crippen LogP contribution in [0.15, 0.2) is 36.5 Å². The van der Waals surface area contributed by atoms with Crippen LogP contribution in [-0.4, -0.2) is 26.2 Å². The maximum atomic E-state index is 4.05. The molecular weight excluding hydrogens is 510 g/mol. The van der Waals surface area contributed by atoms with Gasteiger partial charge in [-0.1, -0.05) is 82.7 Å². The van der Waals surface area contributed by atoms with Gasteiger partial charge in [-0.3, -0.25) is 0 Å². The molecule has 1 N–H and O–H groups in total. The van der Waals surface area contributed by atoms with Gasteiger partial charge in [-0.2, -0.15) is 0 Å². The van der Waals surface area contributed by atoms with Gasteiger partial charge >= 0.3 is 0 Å². The Balaban J connectivity index is -0.000000624. The molecule has 0 amide bonds. The van der Waals surface area contributed by atoms with E-state index in [0.717, 1.165) is 38.3 Å². The second-order valence-corrected chi connectivity index (χ2v) is 10.2. The van der Waals surface area contributed by atoms with E-state index in [9.17, 15) is 0 Å². The highest BCUT2D eigenvalue weighted by atomic mass is 15.1. The first-order valence-corrected chi connectivity index (χ1v) is 17.3. The molecular formula is C39H73N3. The third-order valence-corrected chi connectivity index (χ3v) is 6.86. The molecule has 0 aliphatic heterocycles. The average Bonchev–Trinajstić information content (AvgIpc) is 3.00. The summed E-state index contributed by atoms with van der Waals surface area (Å²) >= 11 is 0. The van der Waals surface area contributed by atoms with E-state index in [2.05, 4.69) is 115 Å². The van der Waals surface area contributed by atoms with Gasteiger partial charge in [-0.25, -0.2) is 0 Å². The summed E-state index contributed by atoms with van der Waals surface area (Å²) in [4.78, 5) is 4.98. The number of nitrogens with one attached hydrogen (secondary N) is 1. The van der Waals surface area contributed by atoms with Gasteiger partial charge in [-0.05, 0) is 119 Å². The zero-order valence-corrected chi connectivity index (χ0v) is 31.3. The number of rotatable bonds is 13. The van der Waals surface area contributed by atoms with Crippen LogP contribution in [0.25, 0.3) is 0 Å². The van der Waals surface area contributed by atoms with Gasteiger partial charge in [0.15, 0.2) is 0 Å². The van der Waals surface area contributed by atoms with E-state index in [-0.39, 0.29) is 0 Å². The van der Waals surface area contributed by atoms with Crippen LogP contribution in [0.4, 0.5) is 17.1 Å². The van der Waals surface area contributed by atoms with Gasteiger partial charge in [0.05, 0.1) is 0 Å². The summed E-state index contributed by atoms with van der Waals surface area (Å²) in [7, 11) is 0. The molecule has 0 aliphatic carbocycles. The Labute approximate surface area is 265 Å². The number of hydrogen-bond donors (Lipinski definition) is 1. The van der Waals surface area contributed by atoms with Crippen molar-refractivity contribution >= 4 is 17.1 Å². The van der Waals surface area contributed by atoms with Crippen LogP contribution in [0.3, 0.4) is 0 Å². The van der Waals surface area contributed by atoms with Crippen LogP contribution in [0.5, 0.6) is 0 Å². The molecule has 0 atom stereocenters. The Morgan fingerprint density at radius 1 is 0.548 bits per heavy atom. The van der Waals surface area contributed by atoms with E-state index in [0.29, 0.717) is 0 Å². The molecule has 2 rings (SSSR count). The molecule has 0 saturated heterocycles. The zero-order chi connectivity index (χ0) is 33.3. The molecule has 0 fully saturated rings. The maximum Gasteiger partial charge on any atom is 0.0442 e. The van der Waals surface area contributed by atoms with E-state index in [1.807, 2.05) is 41.5 Å². The average molecular weight is 584 g/mol. The van der Waals surface area contributed by atoms with Crippen LogP contribution >= 0.6 is 0 Å². The molecule has 0 unspecified atom stereocenters. The van der Waals surface area contributed by atoms with Crippen molar-refractivity contribution in [2.45, 2.75) is 143 Å². The van der Waals surface area contributed by atoms with E-state index < -0.39 is 0 Å². The lowest BCUT2D eigenvalue weighted by molar-refractivity contribution is 0.744. The minimum atomic E-state index is 0.957. The Bertz CT molecular complexity index is 887. The summed E-state index contributed by atoms with van der Waals surface area (Å²) in [5, 5.41) is 3.45. The predicted octanol–water partition coefficient (Wildman–Crippen LogP) is 12.6. The van der Waals surface area contributed by atoms with Gasteiger partial charge in [0.1, 0.15) is 0 Å². The molecule has 0 spiro atoms. The predicted molar refractivity (Wildman–Crippen MR) is 199 cm³/mol.